The molecule has 0 saturated carbocycles. The molecule has 0 aliphatic carbocycles. The molecule has 0 aliphatic rings. The van der Waals surface area contributed by atoms with Crippen molar-refractivity contribution in [1.29, 1.82) is 0 Å². The summed E-state index contributed by atoms with van der Waals surface area (Å²) in [5.74, 6) is -1.02. The van der Waals surface area contributed by atoms with E-state index in [-0.39, 0.29) is 0 Å². The van der Waals surface area contributed by atoms with E-state index in [1.807, 2.05) is 12.1 Å². The zero-order valence-corrected chi connectivity index (χ0v) is 11.9. The molecule has 0 spiro atoms. The highest BCUT2D eigenvalue weighted by Gasteiger charge is 2.13. The maximum atomic E-state index is 11.8. The second kappa shape index (κ2) is 6.70. The first-order valence-electron chi connectivity index (χ1n) is 6.66. The van der Waals surface area contributed by atoms with Gasteiger partial charge in [0, 0.05) is 0 Å². The Bertz CT molecular complexity index is 615. The average Bonchev–Trinajstić information content (AvgIpc) is 2.53. The largest absolute Gasteiger partial charge is 0.386 e. The van der Waals surface area contributed by atoms with Crippen LogP contribution in [0.2, 0.25) is 0 Å². The minimum Gasteiger partial charge on any atom is -0.242 e. The summed E-state index contributed by atoms with van der Waals surface area (Å²) in [6.07, 6.45) is 0. The molecule has 0 aliphatic heterocycles. The van der Waals surface area contributed by atoms with Crippen LogP contribution in [0.3, 0.4) is 0 Å². The quantitative estimate of drug-likeness (QED) is 0.636. The van der Waals surface area contributed by atoms with Crippen LogP contribution in [0.1, 0.15) is 46.0 Å². The van der Waals surface area contributed by atoms with Crippen LogP contribution in [0, 0.1) is 0 Å². The van der Waals surface area contributed by atoms with Crippen molar-refractivity contribution in [3.05, 3.63) is 71.3 Å². The van der Waals surface area contributed by atoms with Gasteiger partial charge in [-0.1, -0.05) is 44.2 Å². The number of hydrogen-bond donors (Lipinski definition) is 0. The zero-order chi connectivity index (χ0) is 15.2. The molecular formula is C17H16O4. The standard InChI is InChI=1S/C17H16O4/c1-12(2)13-8-10-15(11-9-13)17(19)21-20-16(18)14-6-4-3-5-7-14/h3-12H,1-2H3. The average molecular weight is 284 g/mol. The van der Waals surface area contributed by atoms with Gasteiger partial charge in [-0.05, 0) is 35.7 Å². The van der Waals surface area contributed by atoms with E-state index in [4.69, 9.17) is 0 Å². The minimum absolute atomic E-state index is 0.320. The third-order valence-electron chi connectivity index (χ3n) is 3.02. The predicted octanol–water partition coefficient (Wildman–Crippen LogP) is 3.74. The molecule has 0 bridgehead atoms. The summed E-state index contributed by atoms with van der Waals surface area (Å²) in [7, 11) is 0. The van der Waals surface area contributed by atoms with Gasteiger partial charge in [0.1, 0.15) is 0 Å². The lowest BCUT2D eigenvalue weighted by molar-refractivity contribution is -0.187. The summed E-state index contributed by atoms with van der Waals surface area (Å²) in [6, 6.07) is 15.3. The normalized spacial score (nSPS) is 10.2. The van der Waals surface area contributed by atoms with Gasteiger partial charge >= 0.3 is 11.9 Å². The zero-order valence-electron chi connectivity index (χ0n) is 11.9. The molecule has 2 aromatic rings. The Hall–Kier alpha value is -2.62. The highest BCUT2D eigenvalue weighted by molar-refractivity contribution is 5.92. The molecule has 0 N–H and O–H groups in total. The van der Waals surface area contributed by atoms with Crippen molar-refractivity contribution in [2.45, 2.75) is 19.8 Å². The second-order valence-electron chi connectivity index (χ2n) is 4.88. The van der Waals surface area contributed by atoms with Crippen molar-refractivity contribution < 1.29 is 19.4 Å². The lowest BCUT2D eigenvalue weighted by Crippen LogP contribution is -2.11. The highest BCUT2D eigenvalue weighted by atomic mass is 17.2. The maximum absolute atomic E-state index is 11.8. The molecule has 0 radical (unpaired) electrons. The van der Waals surface area contributed by atoms with E-state index in [9.17, 15) is 9.59 Å². The third-order valence-corrected chi connectivity index (χ3v) is 3.02. The Balaban J connectivity index is 1.94. The lowest BCUT2D eigenvalue weighted by Gasteiger charge is -2.06. The van der Waals surface area contributed by atoms with E-state index in [0.29, 0.717) is 17.0 Å². The number of rotatable bonds is 3. The molecular weight excluding hydrogens is 268 g/mol. The van der Waals surface area contributed by atoms with Gasteiger partial charge in [-0.2, -0.15) is 0 Å². The first-order chi connectivity index (χ1) is 10.1. The summed E-state index contributed by atoms with van der Waals surface area (Å²) in [4.78, 5) is 32.5. The Morgan fingerprint density at radius 2 is 1.24 bits per heavy atom. The van der Waals surface area contributed by atoms with Crippen LogP contribution >= 0.6 is 0 Å². The maximum Gasteiger partial charge on any atom is 0.386 e. The molecule has 108 valence electrons. The van der Waals surface area contributed by atoms with Crippen LogP contribution in [-0.4, -0.2) is 11.9 Å². The SMILES string of the molecule is CC(C)c1ccc(C(=O)OOC(=O)c2ccccc2)cc1. The summed E-state index contributed by atoms with van der Waals surface area (Å²) < 4.78 is 0. The van der Waals surface area contributed by atoms with Crippen molar-refractivity contribution in [1.82, 2.24) is 0 Å². The van der Waals surface area contributed by atoms with E-state index < -0.39 is 11.9 Å². The smallest absolute Gasteiger partial charge is 0.242 e. The molecule has 0 saturated heterocycles. The van der Waals surface area contributed by atoms with Crippen LogP contribution in [0.5, 0.6) is 0 Å². The predicted molar refractivity (Wildman–Crippen MR) is 77.8 cm³/mol. The van der Waals surface area contributed by atoms with E-state index in [0.717, 1.165) is 5.56 Å². The fourth-order valence-corrected chi connectivity index (χ4v) is 1.75. The molecule has 4 heteroatoms. The van der Waals surface area contributed by atoms with E-state index >= 15 is 0 Å². The Morgan fingerprint density at radius 1 is 0.762 bits per heavy atom. The van der Waals surface area contributed by atoms with Crippen molar-refractivity contribution in [3.63, 3.8) is 0 Å². The first-order valence-corrected chi connectivity index (χ1v) is 6.66. The van der Waals surface area contributed by atoms with Crippen molar-refractivity contribution in [3.8, 4) is 0 Å². The fourth-order valence-electron chi connectivity index (χ4n) is 1.75. The van der Waals surface area contributed by atoms with Crippen LogP contribution in [0.15, 0.2) is 54.6 Å². The van der Waals surface area contributed by atoms with Gasteiger partial charge in [-0.3, -0.25) is 0 Å². The van der Waals surface area contributed by atoms with Crippen molar-refractivity contribution >= 4 is 11.9 Å². The van der Waals surface area contributed by atoms with Gasteiger partial charge in [0.25, 0.3) is 0 Å². The molecule has 2 rings (SSSR count). The third kappa shape index (κ3) is 3.92. The molecule has 21 heavy (non-hydrogen) atoms. The van der Waals surface area contributed by atoms with Crippen molar-refractivity contribution in [2.24, 2.45) is 0 Å². The van der Waals surface area contributed by atoms with Crippen molar-refractivity contribution in [2.75, 3.05) is 0 Å². The number of carbonyl (C=O) groups is 2. The number of hydrogen-bond acceptors (Lipinski definition) is 4. The summed E-state index contributed by atoms with van der Waals surface area (Å²) in [6.45, 7) is 4.13. The second-order valence-corrected chi connectivity index (χ2v) is 4.88. The number of carbonyl (C=O) groups excluding carboxylic acids is 2. The first kappa shape index (κ1) is 14.8. The van der Waals surface area contributed by atoms with Gasteiger partial charge in [0.05, 0.1) is 11.1 Å². The Labute approximate surface area is 123 Å². The number of benzene rings is 2. The summed E-state index contributed by atoms with van der Waals surface area (Å²) in [5.41, 5.74) is 1.77. The van der Waals surface area contributed by atoms with Gasteiger partial charge in [-0.15, -0.1) is 0 Å². The van der Waals surface area contributed by atoms with E-state index in [1.165, 1.54) is 0 Å². The molecule has 0 fully saturated rings. The van der Waals surface area contributed by atoms with Crippen LogP contribution in [0.25, 0.3) is 0 Å². The summed E-state index contributed by atoms with van der Waals surface area (Å²) >= 11 is 0. The highest BCUT2D eigenvalue weighted by Crippen LogP contribution is 2.15. The van der Waals surface area contributed by atoms with Crippen LogP contribution < -0.4 is 0 Å². The molecule has 2 aromatic carbocycles. The molecule has 0 unspecified atom stereocenters. The lowest BCUT2D eigenvalue weighted by atomic mass is 10.0. The Kier molecular flexibility index (Phi) is 4.72. The van der Waals surface area contributed by atoms with Crippen LogP contribution in [0.4, 0.5) is 0 Å². The van der Waals surface area contributed by atoms with E-state index in [2.05, 4.69) is 23.6 Å². The Morgan fingerprint density at radius 3 is 1.71 bits per heavy atom. The fraction of sp³-hybridized carbons (Fsp3) is 0.176. The van der Waals surface area contributed by atoms with E-state index in [1.54, 1.807) is 42.5 Å². The van der Waals surface area contributed by atoms with Gasteiger partial charge in [0.15, 0.2) is 0 Å². The summed E-state index contributed by atoms with van der Waals surface area (Å²) in [5, 5.41) is 0. The topological polar surface area (TPSA) is 52.6 Å². The van der Waals surface area contributed by atoms with Gasteiger partial charge in [-0.25, -0.2) is 19.4 Å². The molecule has 0 aromatic heterocycles. The monoisotopic (exact) mass is 284 g/mol. The van der Waals surface area contributed by atoms with Gasteiger partial charge in [0.2, 0.25) is 0 Å². The molecule has 4 nitrogen and oxygen atoms in total. The van der Waals surface area contributed by atoms with Gasteiger partial charge < -0.3 is 0 Å². The minimum atomic E-state index is -0.706. The molecule has 0 atom stereocenters. The molecule has 0 heterocycles. The van der Waals surface area contributed by atoms with Crippen LogP contribution in [-0.2, 0) is 9.78 Å². The molecule has 0 amide bonds.